The number of nitrogens with two attached hydrogens (primary N) is 1. The molecule has 0 aliphatic carbocycles. The van der Waals surface area contributed by atoms with Crippen LogP contribution in [0.3, 0.4) is 0 Å². The normalized spacial score (nSPS) is 13.1. The maximum atomic E-state index is 12.2. The van der Waals surface area contributed by atoms with Gasteiger partial charge in [-0.3, -0.25) is 10.1 Å². The highest BCUT2D eigenvalue weighted by Crippen LogP contribution is 2.25. The Bertz CT molecular complexity index is 589. The Morgan fingerprint density at radius 1 is 1.50 bits per heavy atom. The number of nitrogens with zero attached hydrogens (tertiary/aromatic N) is 1. The first kappa shape index (κ1) is 16.7. The van der Waals surface area contributed by atoms with Crippen LogP contribution in [0, 0.1) is 10.1 Å². The first-order valence-electron chi connectivity index (χ1n) is 5.87. The Morgan fingerprint density at radius 3 is 2.65 bits per heavy atom. The highest BCUT2D eigenvalue weighted by Gasteiger charge is 2.22. The molecule has 0 spiro atoms. The van der Waals surface area contributed by atoms with Crippen molar-refractivity contribution in [3.8, 4) is 0 Å². The van der Waals surface area contributed by atoms with Crippen molar-refractivity contribution in [2.24, 2.45) is 0 Å². The number of rotatable bonds is 7. The van der Waals surface area contributed by atoms with Gasteiger partial charge >= 0.3 is 0 Å². The molecular formula is C11H17N3O4S2. The van der Waals surface area contributed by atoms with E-state index >= 15 is 0 Å². The predicted octanol–water partition coefficient (Wildman–Crippen LogP) is 1.60. The Hall–Kier alpha value is -1.32. The number of nitrogens with one attached hydrogen (secondary N) is 1. The SMILES string of the molecule is CCC(CSC)NS(=O)(=O)c1ccc(N)c([N+](=O)[O-])c1. The summed E-state index contributed by atoms with van der Waals surface area (Å²) in [5.41, 5.74) is 4.97. The van der Waals surface area contributed by atoms with E-state index in [1.165, 1.54) is 23.9 Å². The number of nitrogen functional groups attached to an aromatic ring is 1. The van der Waals surface area contributed by atoms with Crippen LogP contribution in [-0.2, 0) is 10.0 Å². The molecule has 1 atom stereocenters. The summed E-state index contributed by atoms with van der Waals surface area (Å²) in [6.45, 7) is 1.87. The summed E-state index contributed by atoms with van der Waals surface area (Å²) in [7, 11) is -3.79. The summed E-state index contributed by atoms with van der Waals surface area (Å²) in [6.07, 6.45) is 2.52. The van der Waals surface area contributed by atoms with Crippen LogP contribution in [0.4, 0.5) is 11.4 Å². The lowest BCUT2D eigenvalue weighted by Gasteiger charge is -2.16. The van der Waals surface area contributed by atoms with Crippen LogP contribution in [0.5, 0.6) is 0 Å². The summed E-state index contributed by atoms with van der Waals surface area (Å²) in [4.78, 5) is 9.93. The van der Waals surface area contributed by atoms with Crippen LogP contribution in [0.15, 0.2) is 23.1 Å². The molecule has 1 aromatic carbocycles. The number of nitro benzene ring substituents is 1. The Morgan fingerprint density at radius 2 is 2.15 bits per heavy atom. The van der Waals surface area contributed by atoms with E-state index in [2.05, 4.69) is 4.72 Å². The molecule has 0 aliphatic heterocycles. The molecule has 1 rings (SSSR count). The maximum absolute atomic E-state index is 12.2. The highest BCUT2D eigenvalue weighted by molar-refractivity contribution is 7.98. The van der Waals surface area contributed by atoms with E-state index in [9.17, 15) is 18.5 Å². The Balaban J connectivity index is 3.09. The van der Waals surface area contributed by atoms with Gasteiger partial charge < -0.3 is 5.73 Å². The van der Waals surface area contributed by atoms with Gasteiger partial charge in [-0.2, -0.15) is 11.8 Å². The van der Waals surface area contributed by atoms with E-state index in [0.29, 0.717) is 12.2 Å². The maximum Gasteiger partial charge on any atom is 0.293 e. The Labute approximate surface area is 122 Å². The average molecular weight is 319 g/mol. The summed E-state index contributed by atoms with van der Waals surface area (Å²) in [5, 5.41) is 10.8. The van der Waals surface area contributed by atoms with E-state index < -0.39 is 20.6 Å². The van der Waals surface area contributed by atoms with Gasteiger partial charge in [-0.1, -0.05) is 6.92 Å². The largest absolute Gasteiger partial charge is 0.393 e. The van der Waals surface area contributed by atoms with Crippen LogP contribution in [0.25, 0.3) is 0 Å². The molecule has 0 saturated carbocycles. The summed E-state index contributed by atoms with van der Waals surface area (Å²) in [6, 6.07) is 3.24. The van der Waals surface area contributed by atoms with Crippen molar-refractivity contribution >= 4 is 33.2 Å². The monoisotopic (exact) mass is 319 g/mol. The topological polar surface area (TPSA) is 115 Å². The van der Waals surface area contributed by atoms with Gasteiger partial charge in [0.15, 0.2) is 0 Å². The predicted molar refractivity (Wildman–Crippen MR) is 80.3 cm³/mol. The van der Waals surface area contributed by atoms with Crippen LogP contribution in [0.2, 0.25) is 0 Å². The van der Waals surface area contributed by atoms with Crippen molar-refractivity contribution in [1.29, 1.82) is 0 Å². The van der Waals surface area contributed by atoms with Crippen molar-refractivity contribution in [3.05, 3.63) is 28.3 Å². The molecule has 112 valence electrons. The summed E-state index contributed by atoms with van der Waals surface area (Å²) < 4.78 is 26.9. The summed E-state index contributed by atoms with van der Waals surface area (Å²) >= 11 is 1.53. The fraction of sp³-hybridized carbons (Fsp3) is 0.455. The summed E-state index contributed by atoms with van der Waals surface area (Å²) in [5.74, 6) is 0.632. The highest BCUT2D eigenvalue weighted by atomic mass is 32.2. The molecule has 0 saturated heterocycles. The van der Waals surface area contributed by atoms with E-state index in [1.807, 2.05) is 13.2 Å². The third kappa shape index (κ3) is 4.09. The number of hydrogen-bond acceptors (Lipinski definition) is 6. The number of hydrogen-bond donors (Lipinski definition) is 2. The molecule has 3 N–H and O–H groups in total. The van der Waals surface area contributed by atoms with Crippen molar-refractivity contribution in [1.82, 2.24) is 4.72 Å². The van der Waals surface area contributed by atoms with Gasteiger partial charge in [-0.05, 0) is 24.8 Å². The fourth-order valence-corrected chi connectivity index (χ4v) is 3.74. The molecular weight excluding hydrogens is 302 g/mol. The standard InChI is InChI=1S/C11H17N3O4S2/c1-3-8(7-19-2)13-20(17,18)9-4-5-10(12)11(6-9)14(15)16/h4-6,8,13H,3,7,12H2,1-2H3. The zero-order valence-corrected chi connectivity index (χ0v) is 12.8. The average Bonchev–Trinajstić information content (AvgIpc) is 2.37. The van der Waals surface area contributed by atoms with Gasteiger partial charge in [0.2, 0.25) is 10.0 Å². The zero-order valence-electron chi connectivity index (χ0n) is 11.2. The quantitative estimate of drug-likeness (QED) is 0.448. The molecule has 0 heterocycles. The van der Waals surface area contributed by atoms with E-state index in [-0.39, 0.29) is 16.6 Å². The molecule has 1 unspecified atom stereocenters. The van der Waals surface area contributed by atoms with Crippen molar-refractivity contribution in [3.63, 3.8) is 0 Å². The van der Waals surface area contributed by atoms with E-state index in [4.69, 9.17) is 5.73 Å². The number of sulfonamides is 1. The minimum Gasteiger partial charge on any atom is -0.393 e. The molecule has 1 aromatic rings. The second kappa shape index (κ2) is 6.91. The van der Waals surface area contributed by atoms with E-state index in [1.54, 1.807) is 0 Å². The molecule has 7 nitrogen and oxygen atoms in total. The van der Waals surface area contributed by atoms with Crippen molar-refractivity contribution in [2.75, 3.05) is 17.7 Å². The van der Waals surface area contributed by atoms with Crippen molar-refractivity contribution < 1.29 is 13.3 Å². The lowest BCUT2D eigenvalue weighted by Crippen LogP contribution is -2.36. The fourth-order valence-electron chi connectivity index (χ4n) is 1.57. The lowest BCUT2D eigenvalue weighted by molar-refractivity contribution is -0.384. The third-order valence-corrected chi connectivity index (χ3v) is 4.95. The van der Waals surface area contributed by atoms with Crippen LogP contribution in [-0.4, -0.2) is 31.4 Å². The molecule has 0 radical (unpaired) electrons. The molecule has 0 aromatic heterocycles. The molecule has 9 heteroatoms. The third-order valence-electron chi connectivity index (χ3n) is 2.69. The van der Waals surface area contributed by atoms with Crippen LogP contribution < -0.4 is 10.5 Å². The Kier molecular flexibility index (Phi) is 5.78. The van der Waals surface area contributed by atoms with Gasteiger partial charge in [0.05, 0.1) is 9.82 Å². The van der Waals surface area contributed by atoms with Gasteiger partial charge in [0.1, 0.15) is 5.69 Å². The molecule has 0 amide bonds. The number of nitro groups is 1. The van der Waals surface area contributed by atoms with Crippen LogP contribution in [0.1, 0.15) is 13.3 Å². The van der Waals surface area contributed by atoms with E-state index in [0.717, 1.165) is 6.07 Å². The molecule has 0 fully saturated rings. The van der Waals surface area contributed by atoms with Crippen molar-refractivity contribution in [2.45, 2.75) is 24.3 Å². The minimum absolute atomic E-state index is 0.0647. The smallest absolute Gasteiger partial charge is 0.293 e. The molecule has 20 heavy (non-hydrogen) atoms. The van der Waals surface area contributed by atoms with Gasteiger partial charge in [0, 0.05) is 17.9 Å². The minimum atomic E-state index is -3.79. The molecule has 0 aliphatic rings. The second-order valence-electron chi connectivity index (χ2n) is 4.16. The lowest BCUT2D eigenvalue weighted by atomic mass is 10.3. The first-order valence-corrected chi connectivity index (χ1v) is 8.74. The van der Waals surface area contributed by atoms with Crippen LogP contribution >= 0.6 is 11.8 Å². The first-order chi connectivity index (χ1) is 9.31. The number of anilines is 1. The number of thioether (sulfide) groups is 1. The van der Waals surface area contributed by atoms with Gasteiger partial charge in [-0.25, -0.2) is 13.1 Å². The number of benzene rings is 1. The second-order valence-corrected chi connectivity index (χ2v) is 6.78. The van der Waals surface area contributed by atoms with Gasteiger partial charge in [-0.15, -0.1) is 0 Å². The van der Waals surface area contributed by atoms with Gasteiger partial charge in [0.25, 0.3) is 5.69 Å². The molecule has 0 bridgehead atoms. The zero-order chi connectivity index (χ0) is 15.3.